The lowest BCUT2D eigenvalue weighted by molar-refractivity contribution is -0.148. The van der Waals surface area contributed by atoms with E-state index in [4.69, 9.17) is 4.74 Å². The Labute approximate surface area is 125 Å². The molecule has 0 bridgehead atoms. The number of fused-ring (bicyclic) bond motifs is 1. The number of hydrogen-bond donors (Lipinski definition) is 1. The molecule has 3 unspecified atom stereocenters. The predicted octanol–water partition coefficient (Wildman–Crippen LogP) is 0.703. The fraction of sp³-hybridized carbons (Fsp3) is 0.800. The van der Waals surface area contributed by atoms with Gasteiger partial charge in [-0.2, -0.15) is 0 Å². The van der Waals surface area contributed by atoms with Crippen LogP contribution >= 0.6 is 0 Å². The van der Waals surface area contributed by atoms with Gasteiger partial charge in [-0.05, 0) is 39.2 Å². The van der Waals surface area contributed by atoms with Crippen molar-refractivity contribution >= 4 is 17.8 Å². The number of nitrogens with zero attached hydrogens (tertiary/aromatic N) is 1. The second kappa shape index (κ2) is 6.13. The van der Waals surface area contributed by atoms with Crippen molar-refractivity contribution < 1.29 is 19.1 Å². The minimum Gasteiger partial charge on any atom is -0.468 e. The molecular formula is C15H24N2O4. The minimum absolute atomic E-state index is 0.00703. The van der Waals surface area contributed by atoms with Gasteiger partial charge in [0.1, 0.15) is 5.54 Å². The van der Waals surface area contributed by atoms with Gasteiger partial charge < -0.3 is 10.1 Å². The fourth-order valence-corrected chi connectivity index (χ4v) is 3.10. The van der Waals surface area contributed by atoms with Crippen molar-refractivity contribution in [1.29, 1.82) is 0 Å². The number of methoxy groups -OCH3 is 1. The summed E-state index contributed by atoms with van der Waals surface area (Å²) < 4.78 is 4.83. The van der Waals surface area contributed by atoms with Crippen molar-refractivity contribution in [3.05, 3.63) is 0 Å². The van der Waals surface area contributed by atoms with E-state index in [1.807, 2.05) is 13.8 Å². The molecule has 118 valence electrons. The number of rotatable bonds is 8. The van der Waals surface area contributed by atoms with E-state index < -0.39 is 5.54 Å². The molecule has 0 aromatic rings. The molecule has 1 aliphatic heterocycles. The SMILES string of the molecule is CCNC(C)(CCCCN1C(=O)C2CC2C1=O)C(=O)OC. The Kier molecular flexibility index (Phi) is 4.66. The lowest BCUT2D eigenvalue weighted by Gasteiger charge is -2.27. The largest absolute Gasteiger partial charge is 0.468 e. The average molecular weight is 296 g/mol. The van der Waals surface area contributed by atoms with E-state index >= 15 is 0 Å². The van der Waals surface area contributed by atoms with Crippen molar-refractivity contribution in [1.82, 2.24) is 10.2 Å². The molecule has 2 amide bonds. The molecule has 6 nitrogen and oxygen atoms in total. The highest BCUT2D eigenvalue weighted by Crippen LogP contribution is 2.46. The van der Waals surface area contributed by atoms with E-state index in [2.05, 4.69) is 5.32 Å². The van der Waals surface area contributed by atoms with Gasteiger partial charge in [0.25, 0.3) is 0 Å². The third-order valence-electron chi connectivity index (χ3n) is 4.47. The van der Waals surface area contributed by atoms with Crippen LogP contribution in [0.3, 0.4) is 0 Å². The van der Waals surface area contributed by atoms with Crippen LogP contribution in [0, 0.1) is 11.8 Å². The highest BCUT2D eigenvalue weighted by molar-refractivity contribution is 6.08. The zero-order valence-electron chi connectivity index (χ0n) is 13.0. The number of carbonyl (C=O) groups excluding carboxylic acids is 3. The first-order valence-electron chi connectivity index (χ1n) is 7.63. The maximum absolute atomic E-state index is 11.8. The van der Waals surface area contributed by atoms with Crippen LogP contribution in [0.4, 0.5) is 0 Å². The summed E-state index contributed by atoms with van der Waals surface area (Å²) in [5.41, 5.74) is -0.704. The Hall–Kier alpha value is -1.43. The van der Waals surface area contributed by atoms with Crippen LogP contribution in [0.25, 0.3) is 0 Å². The van der Waals surface area contributed by atoms with Crippen molar-refractivity contribution in [2.24, 2.45) is 11.8 Å². The molecule has 2 rings (SSSR count). The van der Waals surface area contributed by atoms with Gasteiger partial charge >= 0.3 is 5.97 Å². The summed E-state index contributed by atoms with van der Waals surface area (Å²) in [6, 6.07) is 0. The van der Waals surface area contributed by atoms with Crippen molar-refractivity contribution in [3.63, 3.8) is 0 Å². The molecule has 1 saturated carbocycles. The van der Waals surface area contributed by atoms with E-state index in [0.29, 0.717) is 19.5 Å². The molecule has 1 heterocycles. The fourth-order valence-electron chi connectivity index (χ4n) is 3.10. The topological polar surface area (TPSA) is 75.7 Å². The lowest BCUT2D eigenvalue weighted by atomic mass is 9.94. The maximum atomic E-state index is 11.8. The molecule has 3 atom stereocenters. The first-order chi connectivity index (χ1) is 9.94. The molecule has 0 spiro atoms. The van der Waals surface area contributed by atoms with Gasteiger partial charge in [-0.25, -0.2) is 0 Å². The first-order valence-corrected chi connectivity index (χ1v) is 7.63. The second-order valence-corrected chi connectivity index (χ2v) is 6.09. The lowest BCUT2D eigenvalue weighted by Crippen LogP contribution is -2.50. The number of piperidine rings is 1. The Bertz CT molecular complexity index is 431. The Balaban J connectivity index is 1.77. The average Bonchev–Trinajstić information content (AvgIpc) is 3.21. The van der Waals surface area contributed by atoms with Gasteiger partial charge in [0.2, 0.25) is 11.8 Å². The summed E-state index contributed by atoms with van der Waals surface area (Å²) in [5.74, 6) is -0.349. The maximum Gasteiger partial charge on any atom is 0.325 e. The van der Waals surface area contributed by atoms with Crippen LogP contribution < -0.4 is 5.32 Å². The Morgan fingerprint density at radius 1 is 1.33 bits per heavy atom. The Morgan fingerprint density at radius 2 is 1.95 bits per heavy atom. The van der Waals surface area contributed by atoms with E-state index in [-0.39, 0.29) is 29.6 Å². The predicted molar refractivity (Wildman–Crippen MR) is 76.3 cm³/mol. The summed E-state index contributed by atoms with van der Waals surface area (Å²) in [7, 11) is 1.38. The number of esters is 1. The molecule has 1 aliphatic carbocycles. The van der Waals surface area contributed by atoms with Crippen LogP contribution in [-0.4, -0.2) is 48.4 Å². The van der Waals surface area contributed by atoms with Crippen molar-refractivity contribution in [2.75, 3.05) is 20.2 Å². The summed E-state index contributed by atoms with van der Waals surface area (Å²) in [5, 5.41) is 3.15. The van der Waals surface area contributed by atoms with Gasteiger partial charge in [0.15, 0.2) is 0 Å². The number of nitrogens with one attached hydrogen (secondary N) is 1. The number of ether oxygens (including phenoxy) is 1. The molecule has 2 aliphatic rings. The van der Waals surface area contributed by atoms with Crippen LogP contribution in [0.1, 0.15) is 39.5 Å². The third-order valence-corrected chi connectivity index (χ3v) is 4.47. The summed E-state index contributed by atoms with van der Waals surface area (Å²) in [4.78, 5) is 36.9. The van der Waals surface area contributed by atoms with Crippen LogP contribution in [-0.2, 0) is 19.1 Å². The number of likely N-dealkylation sites (N-methyl/N-ethyl adjacent to an activating group) is 1. The van der Waals surface area contributed by atoms with Crippen LogP contribution in [0.15, 0.2) is 0 Å². The van der Waals surface area contributed by atoms with E-state index in [1.165, 1.54) is 12.0 Å². The molecule has 1 N–H and O–H groups in total. The zero-order chi connectivity index (χ0) is 15.6. The molecule has 0 aromatic carbocycles. The van der Waals surface area contributed by atoms with Crippen molar-refractivity contribution in [3.8, 4) is 0 Å². The minimum atomic E-state index is -0.704. The van der Waals surface area contributed by atoms with Gasteiger partial charge in [-0.15, -0.1) is 0 Å². The standard InChI is InChI=1S/C15H24N2O4/c1-4-16-15(2,14(20)21-3)7-5-6-8-17-12(18)10-9-11(10)13(17)19/h10-11,16H,4-9H2,1-3H3. The molecule has 2 fully saturated rings. The van der Waals surface area contributed by atoms with Gasteiger partial charge in [-0.1, -0.05) is 6.92 Å². The van der Waals surface area contributed by atoms with Gasteiger partial charge in [-0.3, -0.25) is 19.3 Å². The van der Waals surface area contributed by atoms with E-state index in [9.17, 15) is 14.4 Å². The summed E-state index contributed by atoms with van der Waals surface area (Å²) >= 11 is 0. The van der Waals surface area contributed by atoms with E-state index in [0.717, 1.165) is 19.3 Å². The van der Waals surface area contributed by atoms with Gasteiger partial charge in [0, 0.05) is 6.54 Å². The second-order valence-electron chi connectivity index (χ2n) is 6.09. The smallest absolute Gasteiger partial charge is 0.325 e. The number of unbranched alkanes of at least 4 members (excludes halogenated alkanes) is 1. The number of carbonyl (C=O) groups is 3. The third kappa shape index (κ3) is 3.10. The number of imide groups is 1. The highest BCUT2D eigenvalue weighted by atomic mass is 16.5. The van der Waals surface area contributed by atoms with Crippen LogP contribution in [0.2, 0.25) is 0 Å². The zero-order valence-corrected chi connectivity index (χ0v) is 13.0. The summed E-state index contributed by atoms with van der Waals surface area (Å²) in [6.07, 6.45) is 2.84. The van der Waals surface area contributed by atoms with Crippen LogP contribution in [0.5, 0.6) is 0 Å². The molecule has 1 saturated heterocycles. The number of hydrogen-bond acceptors (Lipinski definition) is 5. The quantitative estimate of drug-likeness (QED) is 0.405. The summed E-state index contributed by atoms with van der Waals surface area (Å²) in [6.45, 7) is 4.91. The molecule has 21 heavy (non-hydrogen) atoms. The number of amides is 2. The monoisotopic (exact) mass is 296 g/mol. The molecular weight excluding hydrogens is 272 g/mol. The molecule has 0 radical (unpaired) electrons. The van der Waals surface area contributed by atoms with Crippen molar-refractivity contribution in [2.45, 2.75) is 45.1 Å². The normalized spacial score (nSPS) is 26.5. The van der Waals surface area contributed by atoms with E-state index in [1.54, 1.807) is 0 Å². The first kappa shape index (κ1) is 15.9. The Morgan fingerprint density at radius 3 is 2.48 bits per heavy atom. The molecule has 6 heteroatoms. The van der Waals surface area contributed by atoms with Gasteiger partial charge in [0.05, 0.1) is 18.9 Å². The number of likely N-dealkylation sites (tertiary alicyclic amines) is 1. The molecule has 0 aromatic heterocycles. The highest BCUT2D eigenvalue weighted by Gasteiger charge is 2.58.